The minimum atomic E-state index is -3.99. The minimum absolute atomic E-state index is 0.0665. The minimum Gasteiger partial charge on any atom is -0.360 e. The Balaban J connectivity index is 1.55. The second kappa shape index (κ2) is 11.1. The van der Waals surface area contributed by atoms with Crippen LogP contribution in [0.4, 0.5) is 4.39 Å². The molecule has 0 unspecified atom stereocenters. The van der Waals surface area contributed by atoms with E-state index >= 15 is 0 Å². The molecule has 33 heavy (non-hydrogen) atoms. The predicted octanol–water partition coefficient (Wildman–Crippen LogP) is 2.00. The van der Waals surface area contributed by atoms with E-state index in [0.29, 0.717) is 24.5 Å². The Morgan fingerprint density at radius 2 is 1.85 bits per heavy atom. The van der Waals surface area contributed by atoms with E-state index in [-0.39, 0.29) is 30.1 Å². The van der Waals surface area contributed by atoms with Gasteiger partial charge in [-0.25, -0.2) is 12.8 Å². The average molecular weight is 498 g/mol. The number of sulfonamides is 1. The second-order valence-corrected chi connectivity index (χ2v) is 9.88. The van der Waals surface area contributed by atoms with E-state index in [1.54, 1.807) is 12.1 Å². The highest BCUT2D eigenvalue weighted by Crippen LogP contribution is 2.23. The SMILES string of the molecule is Cc1cc(S(=O)(=O)N2CCCO[C@@H]2CNC(=O)C(=O)NCCc2ccc(Cl)cc2)ccc1F. The van der Waals surface area contributed by atoms with Crippen LogP contribution in [0, 0.1) is 12.7 Å². The summed E-state index contributed by atoms with van der Waals surface area (Å²) in [7, 11) is -3.99. The molecule has 0 aliphatic carbocycles. The maximum atomic E-state index is 13.6. The van der Waals surface area contributed by atoms with Gasteiger partial charge in [0.1, 0.15) is 12.0 Å². The molecule has 0 bridgehead atoms. The number of nitrogens with one attached hydrogen (secondary N) is 2. The molecule has 1 aliphatic heterocycles. The summed E-state index contributed by atoms with van der Waals surface area (Å²) in [4.78, 5) is 24.2. The topological polar surface area (TPSA) is 105 Å². The van der Waals surface area contributed by atoms with Crippen LogP contribution < -0.4 is 10.6 Å². The van der Waals surface area contributed by atoms with Crippen molar-refractivity contribution in [2.45, 2.75) is 30.9 Å². The molecular weight excluding hydrogens is 473 g/mol. The van der Waals surface area contributed by atoms with Crippen molar-refractivity contribution in [2.75, 3.05) is 26.2 Å². The molecule has 0 spiro atoms. The van der Waals surface area contributed by atoms with E-state index in [2.05, 4.69) is 10.6 Å². The number of rotatable bonds is 7. The fraction of sp³-hybridized carbons (Fsp3) is 0.364. The standard InChI is InChI=1S/C22H25ClFN3O5S/c1-15-13-18(7-8-19(15)24)33(30,31)27-11-2-12-32-20(27)14-26-22(29)21(28)25-10-9-16-3-5-17(23)6-4-16/h3-8,13,20H,2,9-12,14H2,1H3,(H,25,28)(H,26,29)/t20-/m1/s1. The van der Waals surface area contributed by atoms with Crippen molar-refractivity contribution in [2.24, 2.45) is 0 Å². The summed E-state index contributed by atoms with van der Waals surface area (Å²) in [6, 6.07) is 10.7. The molecule has 1 fully saturated rings. The predicted molar refractivity (Wildman–Crippen MR) is 121 cm³/mol. The number of carbonyl (C=O) groups is 2. The first kappa shape index (κ1) is 25.1. The maximum absolute atomic E-state index is 13.6. The summed E-state index contributed by atoms with van der Waals surface area (Å²) in [5, 5.41) is 5.55. The molecule has 0 radical (unpaired) electrons. The van der Waals surface area contributed by atoms with E-state index in [1.165, 1.54) is 19.1 Å². The zero-order chi connectivity index (χ0) is 24.0. The van der Waals surface area contributed by atoms with Gasteiger partial charge in [-0.15, -0.1) is 0 Å². The summed E-state index contributed by atoms with van der Waals surface area (Å²) in [5.74, 6) is -2.23. The van der Waals surface area contributed by atoms with Gasteiger partial charge in [0, 0.05) is 18.1 Å². The average Bonchev–Trinajstić information content (AvgIpc) is 2.80. The number of benzene rings is 2. The number of carbonyl (C=O) groups excluding carboxylic acids is 2. The Bertz CT molecular complexity index is 1110. The molecule has 2 aromatic rings. The smallest absolute Gasteiger partial charge is 0.309 e. The Kier molecular flexibility index (Phi) is 8.41. The zero-order valence-electron chi connectivity index (χ0n) is 18.0. The number of aryl methyl sites for hydroxylation is 1. The van der Waals surface area contributed by atoms with E-state index in [1.807, 2.05) is 12.1 Å². The lowest BCUT2D eigenvalue weighted by Gasteiger charge is -2.34. The lowest BCUT2D eigenvalue weighted by molar-refractivity contribution is -0.140. The van der Waals surface area contributed by atoms with Crippen LogP contribution in [0.15, 0.2) is 47.4 Å². The molecule has 1 atom stereocenters. The highest BCUT2D eigenvalue weighted by atomic mass is 35.5. The summed E-state index contributed by atoms with van der Waals surface area (Å²) in [6.45, 7) is 2.00. The zero-order valence-corrected chi connectivity index (χ0v) is 19.6. The molecule has 0 saturated carbocycles. The summed E-state index contributed by atoms with van der Waals surface area (Å²) >= 11 is 5.83. The van der Waals surface area contributed by atoms with Crippen molar-refractivity contribution in [3.8, 4) is 0 Å². The van der Waals surface area contributed by atoms with Crippen LogP contribution in [-0.4, -0.2) is 57.0 Å². The molecule has 1 heterocycles. The van der Waals surface area contributed by atoms with Crippen molar-refractivity contribution in [1.82, 2.24) is 14.9 Å². The van der Waals surface area contributed by atoms with Crippen molar-refractivity contribution in [3.05, 3.63) is 64.4 Å². The number of hydrogen-bond acceptors (Lipinski definition) is 5. The fourth-order valence-corrected chi connectivity index (χ4v) is 5.10. The molecule has 2 aromatic carbocycles. The first-order valence-corrected chi connectivity index (χ1v) is 12.2. The van der Waals surface area contributed by atoms with Gasteiger partial charge in [0.2, 0.25) is 10.0 Å². The van der Waals surface area contributed by atoms with Crippen LogP contribution in [0.2, 0.25) is 5.02 Å². The highest BCUT2D eigenvalue weighted by molar-refractivity contribution is 7.89. The van der Waals surface area contributed by atoms with Crippen LogP contribution in [0.25, 0.3) is 0 Å². The van der Waals surface area contributed by atoms with Crippen LogP contribution in [0.5, 0.6) is 0 Å². The summed E-state index contributed by atoms with van der Waals surface area (Å²) in [5.41, 5.74) is 1.15. The van der Waals surface area contributed by atoms with E-state index in [9.17, 15) is 22.4 Å². The van der Waals surface area contributed by atoms with Crippen LogP contribution in [0.1, 0.15) is 17.5 Å². The molecule has 8 nitrogen and oxygen atoms in total. The first-order chi connectivity index (χ1) is 15.7. The largest absolute Gasteiger partial charge is 0.360 e. The third-order valence-electron chi connectivity index (χ3n) is 5.15. The quantitative estimate of drug-likeness (QED) is 0.569. The third kappa shape index (κ3) is 6.50. The van der Waals surface area contributed by atoms with E-state index < -0.39 is 33.9 Å². The number of ether oxygens (including phenoxy) is 1. The van der Waals surface area contributed by atoms with E-state index in [4.69, 9.17) is 16.3 Å². The molecule has 178 valence electrons. The lowest BCUT2D eigenvalue weighted by atomic mass is 10.1. The van der Waals surface area contributed by atoms with Gasteiger partial charge in [-0.05, 0) is 61.2 Å². The molecule has 11 heteroatoms. The van der Waals surface area contributed by atoms with Crippen molar-refractivity contribution < 1.29 is 27.1 Å². The van der Waals surface area contributed by atoms with Gasteiger partial charge in [0.15, 0.2) is 0 Å². The highest BCUT2D eigenvalue weighted by Gasteiger charge is 2.35. The Morgan fingerprint density at radius 3 is 2.55 bits per heavy atom. The fourth-order valence-electron chi connectivity index (χ4n) is 3.33. The second-order valence-electron chi connectivity index (χ2n) is 7.55. The number of hydrogen-bond donors (Lipinski definition) is 2. The van der Waals surface area contributed by atoms with Gasteiger partial charge in [-0.1, -0.05) is 23.7 Å². The Morgan fingerprint density at radius 1 is 1.15 bits per heavy atom. The normalized spacial score (nSPS) is 16.9. The van der Waals surface area contributed by atoms with E-state index in [0.717, 1.165) is 15.9 Å². The number of halogens is 2. The summed E-state index contributed by atoms with van der Waals surface area (Å²) < 4.78 is 46.3. The van der Waals surface area contributed by atoms with Crippen molar-refractivity contribution in [3.63, 3.8) is 0 Å². The van der Waals surface area contributed by atoms with Crippen LogP contribution in [0.3, 0.4) is 0 Å². The Labute approximate surface area is 197 Å². The molecule has 1 aliphatic rings. The van der Waals surface area contributed by atoms with Crippen LogP contribution >= 0.6 is 11.6 Å². The van der Waals surface area contributed by atoms with Gasteiger partial charge >= 0.3 is 11.8 Å². The Hall–Kier alpha value is -2.53. The molecular formula is C22H25ClFN3O5S. The molecule has 1 saturated heterocycles. The van der Waals surface area contributed by atoms with Gasteiger partial charge in [-0.2, -0.15) is 4.31 Å². The van der Waals surface area contributed by atoms with Gasteiger partial charge in [0.25, 0.3) is 0 Å². The third-order valence-corrected chi connectivity index (χ3v) is 7.28. The van der Waals surface area contributed by atoms with Crippen LogP contribution in [-0.2, 0) is 30.8 Å². The lowest BCUT2D eigenvalue weighted by Crippen LogP contribution is -2.53. The molecule has 0 aromatic heterocycles. The van der Waals surface area contributed by atoms with Gasteiger partial charge in [0.05, 0.1) is 18.0 Å². The monoisotopic (exact) mass is 497 g/mol. The molecule has 3 rings (SSSR count). The molecule has 2 N–H and O–H groups in total. The van der Waals surface area contributed by atoms with Crippen molar-refractivity contribution in [1.29, 1.82) is 0 Å². The first-order valence-electron chi connectivity index (χ1n) is 10.4. The van der Waals surface area contributed by atoms with Crippen molar-refractivity contribution >= 4 is 33.4 Å². The summed E-state index contributed by atoms with van der Waals surface area (Å²) in [6.07, 6.45) is 0.00000186. The number of amides is 2. The number of nitrogens with zero attached hydrogens (tertiary/aromatic N) is 1. The van der Waals surface area contributed by atoms with Gasteiger partial charge < -0.3 is 15.4 Å². The maximum Gasteiger partial charge on any atom is 0.309 e. The van der Waals surface area contributed by atoms with Gasteiger partial charge in [-0.3, -0.25) is 9.59 Å². The molecule has 2 amide bonds.